The van der Waals surface area contributed by atoms with Crippen LogP contribution >= 0.6 is 0 Å². The average Bonchev–Trinajstić information content (AvgIpc) is 2.56. The number of anilines is 1. The van der Waals surface area contributed by atoms with Gasteiger partial charge in [-0.3, -0.25) is 4.79 Å². The van der Waals surface area contributed by atoms with Crippen molar-refractivity contribution in [3.8, 4) is 17.2 Å². The zero-order chi connectivity index (χ0) is 16.8. The lowest BCUT2D eigenvalue weighted by molar-refractivity contribution is -0.122. The number of amides is 1. The topological polar surface area (TPSA) is 56.8 Å². The van der Waals surface area contributed by atoms with Crippen LogP contribution in [0.5, 0.6) is 17.2 Å². The molecule has 6 heteroatoms. The van der Waals surface area contributed by atoms with Gasteiger partial charge in [-0.15, -0.1) is 0 Å². The zero-order valence-electron chi connectivity index (χ0n) is 13.1. The zero-order valence-corrected chi connectivity index (χ0v) is 13.1. The molecule has 2 aromatic carbocycles. The smallest absolute Gasteiger partial charge is 0.265 e. The maximum Gasteiger partial charge on any atom is 0.265 e. The van der Waals surface area contributed by atoms with Crippen LogP contribution in [0.2, 0.25) is 0 Å². The summed E-state index contributed by atoms with van der Waals surface area (Å²) in [5.41, 5.74) is 0.495. The Kier molecular flexibility index (Phi) is 5.41. The second kappa shape index (κ2) is 7.49. The van der Waals surface area contributed by atoms with Gasteiger partial charge in [-0.05, 0) is 31.2 Å². The number of carbonyl (C=O) groups excluding carboxylic acids is 1. The van der Waals surface area contributed by atoms with E-state index in [0.29, 0.717) is 22.9 Å². The number of hydrogen-bond donors (Lipinski definition) is 1. The molecule has 122 valence electrons. The van der Waals surface area contributed by atoms with Crippen molar-refractivity contribution in [1.82, 2.24) is 0 Å². The number of halogens is 1. The molecule has 0 saturated heterocycles. The first-order valence-corrected chi connectivity index (χ1v) is 6.98. The summed E-state index contributed by atoms with van der Waals surface area (Å²) in [6.45, 7) is 1.62. The summed E-state index contributed by atoms with van der Waals surface area (Å²) in [6.07, 6.45) is -0.753. The molecule has 0 bridgehead atoms. The molecule has 0 heterocycles. The number of benzene rings is 2. The summed E-state index contributed by atoms with van der Waals surface area (Å²) in [5.74, 6) is 0.855. The van der Waals surface area contributed by atoms with Gasteiger partial charge in [0.1, 0.15) is 23.1 Å². The summed E-state index contributed by atoms with van der Waals surface area (Å²) in [4.78, 5) is 12.1. The van der Waals surface area contributed by atoms with Crippen molar-refractivity contribution in [3.63, 3.8) is 0 Å². The van der Waals surface area contributed by atoms with Crippen molar-refractivity contribution < 1.29 is 23.4 Å². The molecular formula is C17H18FNO4. The minimum atomic E-state index is -0.753. The van der Waals surface area contributed by atoms with Gasteiger partial charge in [-0.2, -0.15) is 0 Å². The third-order valence-electron chi connectivity index (χ3n) is 3.12. The lowest BCUT2D eigenvalue weighted by Crippen LogP contribution is -2.30. The van der Waals surface area contributed by atoms with Gasteiger partial charge in [-0.1, -0.05) is 0 Å². The summed E-state index contributed by atoms with van der Waals surface area (Å²) >= 11 is 0. The van der Waals surface area contributed by atoms with Gasteiger partial charge in [0.25, 0.3) is 5.91 Å². The SMILES string of the molecule is COc1cc(OC)cc(OC(C)C(=O)Nc2ccc(F)cc2)c1. The Bertz CT molecular complexity index is 651. The molecule has 2 aromatic rings. The number of methoxy groups -OCH3 is 2. The fourth-order valence-corrected chi connectivity index (χ4v) is 1.88. The van der Waals surface area contributed by atoms with E-state index in [1.807, 2.05) is 0 Å². The summed E-state index contributed by atoms with van der Waals surface area (Å²) in [6, 6.07) is 10.5. The molecule has 0 fully saturated rings. The van der Waals surface area contributed by atoms with Gasteiger partial charge in [0.15, 0.2) is 6.10 Å². The maximum absolute atomic E-state index is 12.9. The minimum Gasteiger partial charge on any atom is -0.496 e. The summed E-state index contributed by atoms with van der Waals surface area (Å²) in [5, 5.41) is 2.65. The first-order valence-electron chi connectivity index (χ1n) is 6.98. The van der Waals surface area contributed by atoms with E-state index in [0.717, 1.165) is 0 Å². The minimum absolute atomic E-state index is 0.349. The summed E-state index contributed by atoms with van der Waals surface area (Å²) in [7, 11) is 3.06. The molecule has 1 unspecified atom stereocenters. The van der Waals surface area contributed by atoms with E-state index in [2.05, 4.69) is 5.32 Å². The Morgan fingerprint density at radius 3 is 2.04 bits per heavy atom. The normalized spacial score (nSPS) is 11.5. The quantitative estimate of drug-likeness (QED) is 0.888. The fraction of sp³-hybridized carbons (Fsp3) is 0.235. The molecule has 0 aliphatic heterocycles. The molecule has 2 rings (SSSR count). The van der Waals surface area contributed by atoms with E-state index in [1.54, 1.807) is 25.1 Å². The summed E-state index contributed by atoms with van der Waals surface area (Å²) < 4.78 is 28.8. The van der Waals surface area contributed by atoms with Crippen LogP contribution in [-0.2, 0) is 4.79 Å². The Morgan fingerprint density at radius 2 is 1.52 bits per heavy atom. The number of nitrogens with one attached hydrogen (secondary N) is 1. The van der Waals surface area contributed by atoms with Crippen LogP contribution in [0.25, 0.3) is 0 Å². The number of carbonyl (C=O) groups is 1. The third kappa shape index (κ3) is 4.60. The van der Waals surface area contributed by atoms with Crippen molar-refractivity contribution in [2.45, 2.75) is 13.0 Å². The van der Waals surface area contributed by atoms with Gasteiger partial charge < -0.3 is 19.5 Å². The van der Waals surface area contributed by atoms with Gasteiger partial charge in [0.2, 0.25) is 0 Å². The van der Waals surface area contributed by atoms with Gasteiger partial charge in [-0.25, -0.2) is 4.39 Å². The van der Waals surface area contributed by atoms with E-state index in [4.69, 9.17) is 14.2 Å². The van der Waals surface area contributed by atoms with E-state index in [-0.39, 0.29) is 11.7 Å². The van der Waals surface area contributed by atoms with Crippen molar-refractivity contribution in [2.75, 3.05) is 19.5 Å². The first kappa shape index (κ1) is 16.6. The predicted molar refractivity (Wildman–Crippen MR) is 84.7 cm³/mol. The highest BCUT2D eigenvalue weighted by molar-refractivity contribution is 5.94. The highest BCUT2D eigenvalue weighted by Gasteiger charge is 2.16. The molecule has 0 aromatic heterocycles. The Morgan fingerprint density at radius 1 is 1.00 bits per heavy atom. The van der Waals surface area contributed by atoms with Crippen LogP contribution in [0.4, 0.5) is 10.1 Å². The Labute approximate surface area is 134 Å². The second-order valence-corrected chi connectivity index (χ2v) is 4.80. The van der Waals surface area contributed by atoms with Crippen LogP contribution in [0.15, 0.2) is 42.5 Å². The number of rotatable bonds is 6. The second-order valence-electron chi connectivity index (χ2n) is 4.80. The molecule has 0 saturated carbocycles. The van der Waals surface area contributed by atoms with Gasteiger partial charge in [0, 0.05) is 23.9 Å². The molecule has 0 aliphatic carbocycles. The van der Waals surface area contributed by atoms with Crippen molar-refractivity contribution in [3.05, 3.63) is 48.3 Å². The van der Waals surface area contributed by atoms with Crippen molar-refractivity contribution >= 4 is 11.6 Å². The van der Waals surface area contributed by atoms with Crippen LogP contribution < -0.4 is 19.5 Å². The van der Waals surface area contributed by atoms with E-state index in [1.165, 1.54) is 38.5 Å². The van der Waals surface area contributed by atoms with Gasteiger partial charge >= 0.3 is 0 Å². The van der Waals surface area contributed by atoms with Crippen molar-refractivity contribution in [1.29, 1.82) is 0 Å². The molecular weight excluding hydrogens is 301 g/mol. The van der Waals surface area contributed by atoms with Crippen LogP contribution in [0.3, 0.4) is 0 Å². The lowest BCUT2D eigenvalue weighted by Gasteiger charge is -2.16. The van der Waals surface area contributed by atoms with Gasteiger partial charge in [0.05, 0.1) is 14.2 Å². The predicted octanol–water partition coefficient (Wildman–Crippen LogP) is 3.25. The Hall–Kier alpha value is -2.76. The standard InChI is InChI=1S/C17H18FNO4/c1-11(17(20)19-13-6-4-12(18)5-7-13)23-16-9-14(21-2)8-15(10-16)22-3/h4-11H,1-3H3,(H,19,20). The van der Waals surface area contributed by atoms with E-state index in [9.17, 15) is 9.18 Å². The highest BCUT2D eigenvalue weighted by atomic mass is 19.1. The number of ether oxygens (including phenoxy) is 3. The van der Waals surface area contributed by atoms with Crippen LogP contribution in [0, 0.1) is 5.82 Å². The molecule has 1 N–H and O–H groups in total. The van der Waals surface area contributed by atoms with Crippen LogP contribution in [-0.4, -0.2) is 26.2 Å². The molecule has 1 amide bonds. The monoisotopic (exact) mass is 319 g/mol. The largest absolute Gasteiger partial charge is 0.496 e. The van der Waals surface area contributed by atoms with Crippen molar-refractivity contribution in [2.24, 2.45) is 0 Å². The molecule has 5 nitrogen and oxygen atoms in total. The van der Waals surface area contributed by atoms with Crippen LogP contribution in [0.1, 0.15) is 6.92 Å². The maximum atomic E-state index is 12.9. The fourth-order valence-electron chi connectivity index (χ4n) is 1.88. The lowest BCUT2D eigenvalue weighted by atomic mass is 10.2. The molecule has 0 aliphatic rings. The average molecular weight is 319 g/mol. The van der Waals surface area contributed by atoms with E-state index < -0.39 is 6.10 Å². The highest BCUT2D eigenvalue weighted by Crippen LogP contribution is 2.28. The Balaban J connectivity index is 2.04. The third-order valence-corrected chi connectivity index (χ3v) is 3.12. The number of hydrogen-bond acceptors (Lipinski definition) is 4. The molecule has 1 atom stereocenters. The first-order chi connectivity index (χ1) is 11.0. The van der Waals surface area contributed by atoms with E-state index >= 15 is 0 Å². The molecule has 0 spiro atoms. The molecule has 23 heavy (non-hydrogen) atoms. The molecule has 0 radical (unpaired) electrons.